The first-order valence-electron chi connectivity index (χ1n) is 12.0. The molecule has 0 aromatic heterocycles. The maximum Gasteiger partial charge on any atom is 0.279 e. The van der Waals surface area contributed by atoms with Gasteiger partial charge in [0.05, 0.1) is 19.1 Å². The number of Topliss-reactive ketones (excluding diaryl/α,β-unsaturated/α-hetero) is 1. The number of nitrogens with one attached hydrogen (secondary N) is 1. The fraction of sp³-hybridized carbons (Fsp3) is 0.133. The fourth-order valence-corrected chi connectivity index (χ4v) is 6.16. The Morgan fingerprint density at radius 2 is 1.45 bits per heavy atom. The molecule has 4 rings (SSSR count). The number of alkyl halides is 1. The molecule has 1 unspecified atom stereocenters. The molecule has 206 valence electrons. The number of para-hydroxylation sites is 1. The molecule has 7 nitrogen and oxygen atoms in total. The van der Waals surface area contributed by atoms with Crippen LogP contribution in [0.5, 0.6) is 11.5 Å². The minimum absolute atomic E-state index is 0.0583. The molecular formula is C30H25Cl2NO6S. The standard InChI is InChI=1S/C30H25Cl2NO6S/c1-38-26-17-16-22(19-27(26)39-2)40(36,37)30(32,28(34)18-21-12-6-8-14-24(21)31)33-25-15-9-7-13-23(25)29(35)20-10-4-3-5-11-20/h3-17,19,33H,18H2,1-2H3. The number of carbonyl (C=O) groups is 2. The molecule has 1 atom stereocenters. The van der Waals surface area contributed by atoms with Crippen LogP contribution in [0.1, 0.15) is 21.5 Å². The summed E-state index contributed by atoms with van der Waals surface area (Å²) in [5.74, 6) is -0.875. The van der Waals surface area contributed by atoms with Crippen molar-refractivity contribution in [1.82, 2.24) is 0 Å². The summed E-state index contributed by atoms with van der Waals surface area (Å²) in [4.78, 5) is 26.9. The van der Waals surface area contributed by atoms with E-state index >= 15 is 0 Å². The van der Waals surface area contributed by atoms with E-state index in [-0.39, 0.29) is 38.5 Å². The normalized spacial score (nSPS) is 12.7. The lowest BCUT2D eigenvalue weighted by atomic mass is 10.0. The number of ketones is 2. The van der Waals surface area contributed by atoms with Crippen molar-refractivity contribution in [3.63, 3.8) is 0 Å². The maximum atomic E-state index is 14.2. The van der Waals surface area contributed by atoms with E-state index < -0.39 is 26.4 Å². The van der Waals surface area contributed by atoms with Crippen LogP contribution >= 0.6 is 23.2 Å². The first-order valence-corrected chi connectivity index (χ1v) is 14.3. The Balaban J connectivity index is 1.85. The van der Waals surface area contributed by atoms with E-state index in [9.17, 15) is 18.0 Å². The summed E-state index contributed by atoms with van der Waals surface area (Å²) >= 11 is 13.1. The lowest BCUT2D eigenvalue weighted by Gasteiger charge is -2.29. The van der Waals surface area contributed by atoms with Gasteiger partial charge in [-0.25, -0.2) is 8.42 Å². The highest BCUT2D eigenvalue weighted by atomic mass is 35.5. The highest BCUT2D eigenvalue weighted by molar-refractivity contribution is 7.95. The Kier molecular flexibility index (Phi) is 8.83. The molecule has 40 heavy (non-hydrogen) atoms. The summed E-state index contributed by atoms with van der Waals surface area (Å²) in [6, 6.07) is 25.1. The molecule has 0 heterocycles. The first kappa shape index (κ1) is 29.1. The molecule has 4 aromatic carbocycles. The number of methoxy groups -OCH3 is 2. The van der Waals surface area contributed by atoms with Crippen molar-refractivity contribution in [3.05, 3.63) is 119 Å². The van der Waals surface area contributed by atoms with E-state index in [2.05, 4.69) is 5.32 Å². The Bertz CT molecular complexity index is 1660. The number of carbonyl (C=O) groups excluding carboxylic acids is 2. The second-order valence-corrected chi connectivity index (χ2v) is 12.0. The third-order valence-electron chi connectivity index (χ3n) is 6.21. The van der Waals surface area contributed by atoms with Gasteiger partial charge in [-0.15, -0.1) is 0 Å². The molecule has 0 radical (unpaired) electrons. The van der Waals surface area contributed by atoms with Crippen molar-refractivity contribution >= 4 is 50.3 Å². The molecule has 0 amide bonds. The number of halogens is 2. The second kappa shape index (κ2) is 12.1. The van der Waals surface area contributed by atoms with Crippen molar-refractivity contribution < 1.29 is 27.5 Å². The van der Waals surface area contributed by atoms with E-state index in [1.165, 1.54) is 44.6 Å². The molecule has 0 aliphatic heterocycles. The smallest absolute Gasteiger partial charge is 0.279 e. The summed E-state index contributed by atoms with van der Waals surface area (Å²) in [7, 11) is -1.92. The van der Waals surface area contributed by atoms with E-state index in [4.69, 9.17) is 32.7 Å². The zero-order chi connectivity index (χ0) is 28.9. The molecule has 0 spiro atoms. The van der Waals surface area contributed by atoms with Crippen LogP contribution < -0.4 is 14.8 Å². The van der Waals surface area contributed by atoms with Gasteiger partial charge in [-0.05, 0) is 35.9 Å². The molecule has 0 saturated heterocycles. The van der Waals surface area contributed by atoms with Gasteiger partial charge >= 0.3 is 0 Å². The lowest BCUT2D eigenvalue weighted by Crippen LogP contribution is -2.49. The molecule has 1 N–H and O–H groups in total. The van der Waals surface area contributed by atoms with Gasteiger partial charge in [0, 0.05) is 34.3 Å². The van der Waals surface area contributed by atoms with Crippen LogP contribution in [0.4, 0.5) is 5.69 Å². The van der Waals surface area contributed by atoms with Crippen LogP contribution in [-0.4, -0.2) is 38.5 Å². The third-order valence-corrected chi connectivity index (χ3v) is 9.43. The summed E-state index contributed by atoms with van der Waals surface area (Å²) in [6.45, 7) is 0. The quantitative estimate of drug-likeness (QED) is 0.125. The molecule has 0 aliphatic rings. The van der Waals surface area contributed by atoms with E-state index in [1.807, 2.05) is 0 Å². The Labute approximate surface area is 242 Å². The summed E-state index contributed by atoms with van der Waals surface area (Å²) in [6.07, 6.45) is -0.405. The molecule has 4 aromatic rings. The number of benzene rings is 4. The molecular weight excluding hydrogens is 573 g/mol. The van der Waals surface area contributed by atoms with Gasteiger partial charge in [-0.1, -0.05) is 83.9 Å². The first-order chi connectivity index (χ1) is 19.1. The predicted molar refractivity (Wildman–Crippen MR) is 155 cm³/mol. The van der Waals surface area contributed by atoms with E-state index in [0.29, 0.717) is 11.1 Å². The Morgan fingerprint density at radius 1 is 0.825 bits per heavy atom. The van der Waals surface area contributed by atoms with Crippen LogP contribution in [0, 0.1) is 0 Å². The lowest BCUT2D eigenvalue weighted by molar-refractivity contribution is -0.118. The number of hydrogen-bond acceptors (Lipinski definition) is 7. The number of anilines is 1. The summed E-state index contributed by atoms with van der Waals surface area (Å²) < 4.78 is 36.1. The van der Waals surface area contributed by atoms with E-state index in [1.54, 1.807) is 66.7 Å². The van der Waals surface area contributed by atoms with Gasteiger partial charge in [-0.3, -0.25) is 9.59 Å². The highest BCUT2D eigenvalue weighted by Crippen LogP contribution is 2.38. The summed E-state index contributed by atoms with van der Waals surface area (Å²) in [5, 5.41) is 2.99. The van der Waals surface area contributed by atoms with Crippen LogP contribution in [0.25, 0.3) is 0 Å². The predicted octanol–water partition coefficient (Wildman–Crippen LogP) is 6.18. The van der Waals surface area contributed by atoms with Gasteiger partial charge < -0.3 is 14.8 Å². The molecule has 0 bridgehead atoms. The molecule has 0 aliphatic carbocycles. The van der Waals surface area contributed by atoms with Gasteiger partial charge in [0.2, 0.25) is 9.84 Å². The van der Waals surface area contributed by atoms with Gasteiger partial charge in [0.15, 0.2) is 23.1 Å². The van der Waals surface area contributed by atoms with Gasteiger partial charge in [-0.2, -0.15) is 0 Å². The minimum Gasteiger partial charge on any atom is -0.493 e. The SMILES string of the molecule is COc1ccc(S(=O)(=O)C(Cl)(Nc2ccccc2C(=O)c2ccccc2)C(=O)Cc2ccccc2Cl)cc1OC. The topological polar surface area (TPSA) is 98.8 Å². The molecule has 0 saturated carbocycles. The largest absolute Gasteiger partial charge is 0.493 e. The Morgan fingerprint density at radius 3 is 2.12 bits per heavy atom. The Hall–Kier alpha value is -3.85. The minimum atomic E-state index is -4.68. The summed E-state index contributed by atoms with van der Waals surface area (Å²) in [5.41, 5.74) is 0.953. The maximum absolute atomic E-state index is 14.2. The number of ether oxygens (including phenoxy) is 2. The third kappa shape index (κ3) is 5.70. The van der Waals surface area contributed by atoms with Gasteiger partial charge in [0.25, 0.3) is 4.33 Å². The van der Waals surface area contributed by atoms with Crippen LogP contribution in [-0.2, 0) is 21.1 Å². The second-order valence-electron chi connectivity index (χ2n) is 8.67. The van der Waals surface area contributed by atoms with Crippen LogP contribution in [0.3, 0.4) is 0 Å². The van der Waals surface area contributed by atoms with Crippen molar-refractivity contribution in [3.8, 4) is 11.5 Å². The van der Waals surface area contributed by atoms with Crippen molar-refractivity contribution in [2.24, 2.45) is 0 Å². The molecule has 10 heteroatoms. The number of rotatable bonds is 11. The monoisotopic (exact) mass is 597 g/mol. The molecule has 0 fully saturated rings. The number of hydrogen-bond donors (Lipinski definition) is 1. The van der Waals surface area contributed by atoms with Crippen molar-refractivity contribution in [1.29, 1.82) is 0 Å². The van der Waals surface area contributed by atoms with Crippen molar-refractivity contribution in [2.75, 3.05) is 19.5 Å². The van der Waals surface area contributed by atoms with Crippen molar-refractivity contribution in [2.45, 2.75) is 15.6 Å². The highest BCUT2D eigenvalue weighted by Gasteiger charge is 2.50. The fourth-order valence-electron chi connectivity index (χ4n) is 4.07. The van der Waals surface area contributed by atoms with Gasteiger partial charge in [0.1, 0.15) is 0 Å². The van der Waals surface area contributed by atoms with Crippen LogP contribution in [0.2, 0.25) is 5.02 Å². The van der Waals surface area contributed by atoms with E-state index in [0.717, 1.165) is 0 Å². The number of sulfone groups is 1. The average Bonchev–Trinajstić information content (AvgIpc) is 2.98. The zero-order valence-electron chi connectivity index (χ0n) is 21.6. The zero-order valence-corrected chi connectivity index (χ0v) is 23.9. The van der Waals surface area contributed by atoms with Crippen LogP contribution in [0.15, 0.2) is 102 Å². The average molecular weight is 599 g/mol.